The molecule has 3 N–H and O–H groups in total. The molecule has 0 spiro atoms. The number of aliphatic hydroxyl groups is 1. The predicted molar refractivity (Wildman–Crippen MR) is 68.8 cm³/mol. The van der Waals surface area contributed by atoms with Gasteiger partial charge in [0.15, 0.2) is 6.10 Å². The SMILES string of the molecule is CC(NC(=O)C(C)(C)C)C(O)C(=O)NCC1CC1. The van der Waals surface area contributed by atoms with E-state index in [0.717, 1.165) is 12.8 Å². The molecule has 0 saturated heterocycles. The van der Waals surface area contributed by atoms with Crippen molar-refractivity contribution in [2.75, 3.05) is 6.54 Å². The Morgan fingerprint density at radius 1 is 1.33 bits per heavy atom. The van der Waals surface area contributed by atoms with Crippen molar-refractivity contribution < 1.29 is 14.7 Å². The minimum absolute atomic E-state index is 0.177. The summed E-state index contributed by atoms with van der Waals surface area (Å²) in [6.07, 6.45) is 1.09. The lowest BCUT2D eigenvalue weighted by Gasteiger charge is -2.24. The Balaban J connectivity index is 2.36. The number of rotatable bonds is 5. The summed E-state index contributed by atoms with van der Waals surface area (Å²) >= 11 is 0. The molecule has 0 radical (unpaired) electrons. The Bertz CT molecular complexity index is 319. The Labute approximate surface area is 108 Å². The van der Waals surface area contributed by atoms with Gasteiger partial charge < -0.3 is 15.7 Å². The number of carbonyl (C=O) groups excluding carboxylic acids is 2. The molecule has 18 heavy (non-hydrogen) atoms. The summed E-state index contributed by atoms with van der Waals surface area (Å²) in [5.41, 5.74) is -0.529. The number of hydrogen-bond acceptors (Lipinski definition) is 3. The quantitative estimate of drug-likeness (QED) is 0.667. The molecule has 5 nitrogen and oxygen atoms in total. The first-order valence-corrected chi connectivity index (χ1v) is 6.48. The predicted octanol–water partition coefficient (Wildman–Crippen LogP) is 0.424. The van der Waals surface area contributed by atoms with Gasteiger partial charge in [-0.3, -0.25) is 9.59 Å². The molecule has 2 amide bonds. The van der Waals surface area contributed by atoms with Crippen molar-refractivity contribution in [2.24, 2.45) is 11.3 Å². The molecule has 2 atom stereocenters. The maximum atomic E-state index is 11.7. The van der Waals surface area contributed by atoms with Crippen LogP contribution in [-0.2, 0) is 9.59 Å². The molecule has 5 heteroatoms. The average molecular weight is 256 g/mol. The maximum absolute atomic E-state index is 11.7. The Morgan fingerprint density at radius 2 is 1.89 bits per heavy atom. The summed E-state index contributed by atoms with van der Waals surface area (Å²) in [4.78, 5) is 23.4. The van der Waals surface area contributed by atoms with Crippen LogP contribution in [0.5, 0.6) is 0 Å². The number of amides is 2. The van der Waals surface area contributed by atoms with Gasteiger partial charge in [0, 0.05) is 12.0 Å². The van der Waals surface area contributed by atoms with Gasteiger partial charge in [-0.25, -0.2) is 0 Å². The molecule has 1 aliphatic rings. The van der Waals surface area contributed by atoms with Crippen molar-refractivity contribution in [2.45, 2.75) is 52.7 Å². The van der Waals surface area contributed by atoms with Crippen molar-refractivity contribution in [3.63, 3.8) is 0 Å². The third kappa shape index (κ3) is 4.64. The lowest BCUT2D eigenvalue weighted by atomic mass is 9.95. The summed E-state index contributed by atoms with van der Waals surface area (Å²) in [5, 5.41) is 15.2. The van der Waals surface area contributed by atoms with Crippen LogP contribution in [0.1, 0.15) is 40.5 Å². The average Bonchev–Trinajstić information content (AvgIpc) is 3.07. The first-order valence-electron chi connectivity index (χ1n) is 6.48. The van der Waals surface area contributed by atoms with Crippen molar-refractivity contribution >= 4 is 11.8 Å². The van der Waals surface area contributed by atoms with Crippen molar-refractivity contribution in [3.8, 4) is 0 Å². The topological polar surface area (TPSA) is 78.4 Å². The fourth-order valence-corrected chi connectivity index (χ4v) is 1.40. The minimum Gasteiger partial charge on any atom is -0.381 e. The second kappa shape index (κ2) is 5.69. The molecule has 0 bridgehead atoms. The minimum atomic E-state index is -1.20. The summed E-state index contributed by atoms with van der Waals surface area (Å²) in [5.74, 6) is -0.0201. The van der Waals surface area contributed by atoms with Crippen molar-refractivity contribution in [1.29, 1.82) is 0 Å². The third-order valence-corrected chi connectivity index (χ3v) is 3.04. The zero-order chi connectivity index (χ0) is 13.9. The zero-order valence-electron chi connectivity index (χ0n) is 11.6. The van der Waals surface area contributed by atoms with E-state index in [1.807, 2.05) is 0 Å². The molecule has 0 aromatic carbocycles. The van der Waals surface area contributed by atoms with Gasteiger partial charge in [0.05, 0.1) is 6.04 Å². The smallest absolute Gasteiger partial charge is 0.250 e. The molecule has 1 aliphatic carbocycles. The van der Waals surface area contributed by atoms with E-state index in [2.05, 4.69) is 10.6 Å². The number of hydrogen-bond donors (Lipinski definition) is 3. The van der Waals surface area contributed by atoms with Crippen LogP contribution in [-0.4, -0.2) is 35.6 Å². The monoisotopic (exact) mass is 256 g/mol. The standard InChI is InChI=1S/C13H24N2O3/c1-8(15-12(18)13(2,3)4)10(16)11(17)14-7-9-5-6-9/h8-10,16H,5-7H2,1-4H3,(H,14,17)(H,15,18). The number of aliphatic hydroxyl groups excluding tert-OH is 1. The van der Waals surface area contributed by atoms with Crippen LogP contribution in [0.15, 0.2) is 0 Å². The molecule has 1 saturated carbocycles. The van der Waals surface area contributed by atoms with E-state index in [4.69, 9.17) is 0 Å². The molecule has 2 unspecified atom stereocenters. The van der Waals surface area contributed by atoms with Gasteiger partial charge in [-0.05, 0) is 25.7 Å². The number of nitrogens with one attached hydrogen (secondary N) is 2. The molecule has 0 heterocycles. The highest BCUT2D eigenvalue weighted by Crippen LogP contribution is 2.27. The Kier molecular flexibility index (Phi) is 4.73. The second-order valence-corrected chi connectivity index (χ2v) is 6.15. The fourth-order valence-electron chi connectivity index (χ4n) is 1.40. The van der Waals surface area contributed by atoms with Crippen LogP contribution in [0, 0.1) is 11.3 Å². The van der Waals surface area contributed by atoms with Crippen LogP contribution in [0.2, 0.25) is 0 Å². The molecule has 0 aliphatic heterocycles. The van der Waals surface area contributed by atoms with Gasteiger partial charge in [0.1, 0.15) is 0 Å². The Hall–Kier alpha value is -1.10. The lowest BCUT2D eigenvalue weighted by molar-refractivity contribution is -0.134. The van der Waals surface area contributed by atoms with Gasteiger partial charge in [-0.15, -0.1) is 0 Å². The van der Waals surface area contributed by atoms with E-state index in [1.54, 1.807) is 27.7 Å². The van der Waals surface area contributed by atoms with E-state index in [1.165, 1.54) is 0 Å². The highest BCUT2D eigenvalue weighted by Gasteiger charge is 2.29. The molecule has 0 aromatic rings. The first kappa shape index (κ1) is 15.0. The van der Waals surface area contributed by atoms with Gasteiger partial charge in [-0.2, -0.15) is 0 Å². The van der Waals surface area contributed by atoms with Crippen LogP contribution in [0.4, 0.5) is 0 Å². The molecule has 1 rings (SSSR count). The van der Waals surface area contributed by atoms with Gasteiger partial charge in [-0.1, -0.05) is 20.8 Å². The summed E-state index contributed by atoms with van der Waals surface area (Å²) in [6.45, 7) is 7.61. The normalized spacial score (nSPS) is 18.9. The van der Waals surface area contributed by atoms with E-state index < -0.39 is 23.5 Å². The van der Waals surface area contributed by atoms with E-state index in [9.17, 15) is 14.7 Å². The second-order valence-electron chi connectivity index (χ2n) is 6.15. The molecule has 1 fully saturated rings. The van der Waals surface area contributed by atoms with Crippen molar-refractivity contribution in [3.05, 3.63) is 0 Å². The van der Waals surface area contributed by atoms with Crippen LogP contribution in [0.3, 0.4) is 0 Å². The lowest BCUT2D eigenvalue weighted by Crippen LogP contribution is -2.51. The highest BCUT2D eigenvalue weighted by atomic mass is 16.3. The fraction of sp³-hybridized carbons (Fsp3) is 0.846. The summed E-state index contributed by atoms with van der Waals surface area (Å²) < 4.78 is 0. The molecule has 104 valence electrons. The van der Waals surface area contributed by atoms with Gasteiger partial charge in [0.2, 0.25) is 5.91 Å². The van der Waals surface area contributed by atoms with Gasteiger partial charge >= 0.3 is 0 Å². The highest BCUT2D eigenvalue weighted by molar-refractivity contribution is 5.84. The van der Waals surface area contributed by atoms with Crippen molar-refractivity contribution in [1.82, 2.24) is 10.6 Å². The maximum Gasteiger partial charge on any atom is 0.250 e. The molecular weight excluding hydrogens is 232 g/mol. The zero-order valence-corrected chi connectivity index (χ0v) is 11.6. The van der Waals surface area contributed by atoms with E-state index in [0.29, 0.717) is 12.5 Å². The number of carbonyl (C=O) groups is 2. The van der Waals surface area contributed by atoms with Gasteiger partial charge in [0.25, 0.3) is 5.91 Å². The molecular formula is C13H24N2O3. The van der Waals surface area contributed by atoms with Crippen LogP contribution < -0.4 is 10.6 Å². The first-order chi connectivity index (χ1) is 8.21. The van der Waals surface area contributed by atoms with Crippen LogP contribution >= 0.6 is 0 Å². The molecule has 0 aromatic heterocycles. The van der Waals surface area contributed by atoms with Crippen LogP contribution in [0.25, 0.3) is 0 Å². The van der Waals surface area contributed by atoms with E-state index in [-0.39, 0.29) is 5.91 Å². The third-order valence-electron chi connectivity index (χ3n) is 3.04. The summed E-state index contributed by atoms with van der Waals surface area (Å²) in [6, 6.07) is -0.587. The Morgan fingerprint density at radius 3 is 2.33 bits per heavy atom. The summed E-state index contributed by atoms with van der Waals surface area (Å²) in [7, 11) is 0. The van der Waals surface area contributed by atoms with E-state index >= 15 is 0 Å². The largest absolute Gasteiger partial charge is 0.381 e.